The van der Waals surface area contributed by atoms with Crippen LogP contribution in [0.2, 0.25) is 0 Å². The van der Waals surface area contributed by atoms with Crippen LogP contribution in [0.5, 0.6) is 0 Å². The molecule has 0 spiro atoms. The number of rotatable bonds is 5. The molecule has 1 heterocycles. The largest absolute Gasteiger partial charge is 0.352 e. The van der Waals surface area contributed by atoms with Gasteiger partial charge in [0.25, 0.3) is 0 Å². The van der Waals surface area contributed by atoms with Gasteiger partial charge in [0.15, 0.2) is 0 Å². The topological polar surface area (TPSA) is 56.4 Å². The Labute approximate surface area is 98.0 Å². The molecule has 1 aliphatic heterocycles. The first kappa shape index (κ1) is 13.4. The lowest BCUT2D eigenvalue weighted by Gasteiger charge is -2.25. The van der Waals surface area contributed by atoms with Crippen LogP contribution < -0.4 is 16.0 Å². The summed E-state index contributed by atoms with van der Waals surface area (Å²) >= 11 is 0. The second-order valence-electron chi connectivity index (χ2n) is 4.71. The Morgan fingerprint density at radius 2 is 2.25 bits per heavy atom. The fourth-order valence-corrected chi connectivity index (χ4v) is 1.71. The first-order valence-electron chi connectivity index (χ1n) is 5.99. The summed E-state index contributed by atoms with van der Waals surface area (Å²) in [5, 5.41) is 9.45. The van der Waals surface area contributed by atoms with Gasteiger partial charge in [-0.2, -0.15) is 0 Å². The van der Waals surface area contributed by atoms with Gasteiger partial charge in [-0.3, -0.25) is 4.79 Å². The van der Waals surface area contributed by atoms with Crippen molar-refractivity contribution < 1.29 is 4.79 Å². The summed E-state index contributed by atoms with van der Waals surface area (Å²) in [5.74, 6) is 0.110. The van der Waals surface area contributed by atoms with E-state index >= 15 is 0 Å². The molecule has 1 fully saturated rings. The van der Waals surface area contributed by atoms with Crippen molar-refractivity contribution in [1.29, 1.82) is 0 Å². The third-order valence-electron chi connectivity index (χ3n) is 2.76. The highest BCUT2D eigenvalue weighted by molar-refractivity contribution is 5.82. The van der Waals surface area contributed by atoms with E-state index in [0.717, 1.165) is 32.6 Å². The normalized spacial score (nSPS) is 23.1. The lowest BCUT2D eigenvalue weighted by molar-refractivity contribution is -0.124. The van der Waals surface area contributed by atoms with Crippen molar-refractivity contribution in [3.05, 3.63) is 0 Å². The molecular formula is C11H24N4O. The summed E-state index contributed by atoms with van der Waals surface area (Å²) in [6.07, 6.45) is 0.985. The minimum absolute atomic E-state index is 0.0736. The number of carbonyl (C=O) groups is 1. The highest BCUT2D eigenvalue weighted by atomic mass is 16.2. The highest BCUT2D eigenvalue weighted by Crippen LogP contribution is 1.94. The summed E-state index contributed by atoms with van der Waals surface area (Å²) in [5.41, 5.74) is 0. The van der Waals surface area contributed by atoms with Gasteiger partial charge in [0.2, 0.25) is 5.91 Å². The second kappa shape index (κ2) is 6.83. The van der Waals surface area contributed by atoms with E-state index in [9.17, 15) is 4.79 Å². The third kappa shape index (κ3) is 4.92. The Kier molecular flexibility index (Phi) is 5.73. The van der Waals surface area contributed by atoms with E-state index in [-0.39, 0.29) is 18.0 Å². The first-order valence-corrected chi connectivity index (χ1v) is 5.99. The molecule has 2 atom stereocenters. The molecule has 5 nitrogen and oxygen atoms in total. The van der Waals surface area contributed by atoms with Gasteiger partial charge in [-0.05, 0) is 34.0 Å². The molecule has 16 heavy (non-hydrogen) atoms. The van der Waals surface area contributed by atoms with Crippen LogP contribution in [0.1, 0.15) is 13.3 Å². The fourth-order valence-electron chi connectivity index (χ4n) is 1.71. The van der Waals surface area contributed by atoms with E-state index < -0.39 is 0 Å². The number of hydrogen-bond donors (Lipinski definition) is 3. The third-order valence-corrected chi connectivity index (χ3v) is 2.76. The Bertz CT molecular complexity index is 214. The molecule has 2 unspecified atom stereocenters. The summed E-state index contributed by atoms with van der Waals surface area (Å²) in [6, 6.07) is 0.161. The fraction of sp³-hybridized carbons (Fsp3) is 0.909. The smallest absolute Gasteiger partial charge is 0.238 e. The Balaban J connectivity index is 2.21. The van der Waals surface area contributed by atoms with Crippen LogP contribution in [-0.4, -0.2) is 63.2 Å². The van der Waals surface area contributed by atoms with Gasteiger partial charge < -0.3 is 20.9 Å². The number of amides is 1. The molecule has 0 aromatic rings. The number of hydrogen-bond acceptors (Lipinski definition) is 4. The molecule has 0 saturated carbocycles. The van der Waals surface area contributed by atoms with Crippen LogP contribution in [0.15, 0.2) is 0 Å². The van der Waals surface area contributed by atoms with E-state index in [4.69, 9.17) is 0 Å². The number of piperazine rings is 1. The zero-order valence-corrected chi connectivity index (χ0v) is 10.5. The van der Waals surface area contributed by atoms with Crippen molar-refractivity contribution in [2.24, 2.45) is 0 Å². The number of nitrogens with zero attached hydrogens (tertiary/aromatic N) is 1. The molecule has 1 amide bonds. The Morgan fingerprint density at radius 1 is 1.50 bits per heavy atom. The van der Waals surface area contributed by atoms with Gasteiger partial charge in [-0.15, -0.1) is 0 Å². The van der Waals surface area contributed by atoms with E-state index in [2.05, 4.69) is 27.8 Å². The lowest BCUT2D eigenvalue weighted by atomic mass is 10.2. The number of nitrogens with one attached hydrogen (secondary N) is 3. The molecule has 1 rings (SSSR count). The quantitative estimate of drug-likeness (QED) is 0.565. The zero-order valence-electron chi connectivity index (χ0n) is 10.5. The maximum atomic E-state index is 11.8. The molecule has 0 bridgehead atoms. The van der Waals surface area contributed by atoms with Crippen LogP contribution in [0.4, 0.5) is 0 Å². The first-order chi connectivity index (χ1) is 7.59. The monoisotopic (exact) mass is 228 g/mol. The lowest BCUT2D eigenvalue weighted by Crippen LogP contribution is -2.56. The average molecular weight is 228 g/mol. The summed E-state index contributed by atoms with van der Waals surface area (Å²) in [4.78, 5) is 14.0. The second-order valence-corrected chi connectivity index (χ2v) is 4.71. The van der Waals surface area contributed by atoms with Crippen molar-refractivity contribution in [3.63, 3.8) is 0 Å². The molecule has 0 aliphatic carbocycles. The van der Waals surface area contributed by atoms with Crippen molar-refractivity contribution in [1.82, 2.24) is 20.9 Å². The predicted molar refractivity (Wildman–Crippen MR) is 65.4 cm³/mol. The highest BCUT2D eigenvalue weighted by Gasteiger charge is 2.21. The molecule has 0 aromatic heterocycles. The van der Waals surface area contributed by atoms with Gasteiger partial charge in [-0.1, -0.05) is 0 Å². The van der Waals surface area contributed by atoms with Gasteiger partial charge in [0.1, 0.15) is 0 Å². The van der Waals surface area contributed by atoms with E-state index in [1.54, 1.807) is 0 Å². The van der Waals surface area contributed by atoms with E-state index in [1.807, 2.05) is 14.1 Å². The van der Waals surface area contributed by atoms with Gasteiger partial charge in [0, 0.05) is 25.7 Å². The summed E-state index contributed by atoms with van der Waals surface area (Å²) in [7, 11) is 4.09. The van der Waals surface area contributed by atoms with Gasteiger partial charge >= 0.3 is 0 Å². The van der Waals surface area contributed by atoms with Crippen molar-refractivity contribution >= 4 is 5.91 Å². The molecular weight excluding hydrogens is 204 g/mol. The average Bonchev–Trinajstić information content (AvgIpc) is 2.27. The predicted octanol–water partition coefficient (Wildman–Crippen LogP) is -0.996. The summed E-state index contributed by atoms with van der Waals surface area (Å²) < 4.78 is 0. The maximum Gasteiger partial charge on any atom is 0.238 e. The molecule has 0 aromatic carbocycles. The minimum atomic E-state index is -0.0736. The summed E-state index contributed by atoms with van der Waals surface area (Å²) in [6.45, 7) is 5.59. The molecule has 0 radical (unpaired) electrons. The minimum Gasteiger partial charge on any atom is -0.352 e. The van der Waals surface area contributed by atoms with Gasteiger partial charge in [0.05, 0.1) is 6.04 Å². The molecule has 3 N–H and O–H groups in total. The van der Waals surface area contributed by atoms with Crippen molar-refractivity contribution in [2.75, 3.05) is 40.3 Å². The molecule has 1 saturated heterocycles. The molecule has 1 aliphatic rings. The van der Waals surface area contributed by atoms with Crippen molar-refractivity contribution in [2.45, 2.75) is 25.4 Å². The van der Waals surface area contributed by atoms with Crippen LogP contribution in [0, 0.1) is 0 Å². The molecule has 5 heteroatoms. The number of carbonyl (C=O) groups excluding carboxylic acids is 1. The van der Waals surface area contributed by atoms with E-state index in [1.165, 1.54) is 0 Å². The van der Waals surface area contributed by atoms with E-state index in [0.29, 0.717) is 0 Å². The standard InChI is InChI=1S/C11H24N4O/c1-9(4-7-15(2)3)14-11(16)10-8-12-5-6-13-10/h9-10,12-13H,4-8H2,1-3H3,(H,14,16). The van der Waals surface area contributed by atoms with Crippen molar-refractivity contribution in [3.8, 4) is 0 Å². The maximum absolute atomic E-state index is 11.8. The van der Waals surface area contributed by atoms with Gasteiger partial charge in [-0.25, -0.2) is 0 Å². The van der Waals surface area contributed by atoms with Crippen LogP contribution in [0.25, 0.3) is 0 Å². The Morgan fingerprint density at radius 3 is 2.81 bits per heavy atom. The van der Waals surface area contributed by atoms with Crippen LogP contribution in [0.3, 0.4) is 0 Å². The SMILES string of the molecule is CC(CCN(C)C)NC(=O)C1CNCCN1. The van der Waals surface area contributed by atoms with Crippen LogP contribution >= 0.6 is 0 Å². The molecule has 94 valence electrons. The van der Waals surface area contributed by atoms with Crippen LogP contribution in [-0.2, 0) is 4.79 Å². The zero-order chi connectivity index (χ0) is 12.0. The Hall–Kier alpha value is -0.650.